The van der Waals surface area contributed by atoms with Crippen molar-refractivity contribution in [3.63, 3.8) is 0 Å². The van der Waals surface area contributed by atoms with Crippen LogP contribution in [0.15, 0.2) is 48.5 Å². The highest BCUT2D eigenvalue weighted by molar-refractivity contribution is 6.45. The van der Waals surface area contributed by atoms with Crippen LogP contribution in [0.4, 0.5) is 4.39 Å². The number of amides is 1. The molecule has 0 spiro atoms. The van der Waals surface area contributed by atoms with E-state index in [1.165, 1.54) is 12.8 Å². The molecule has 2 aromatic carbocycles. The van der Waals surface area contributed by atoms with Gasteiger partial charge in [-0.05, 0) is 86.1 Å². The summed E-state index contributed by atoms with van der Waals surface area (Å²) in [7, 11) is -0.428. The fraction of sp³-hybridized carbons (Fsp3) is 0.606. The zero-order valence-corrected chi connectivity index (χ0v) is 25.3. The molecule has 1 unspecified atom stereocenters. The number of piperazine rings is 1. The molecule has 222 valence electrons. The predicted octanol–water partition coefficient (Wildman–Crippen LogP) is 5.48. The fourth-order valence-electron chi connectivity index (χ4n) is 6.52. The van der Waals surface area contributed by atoms with Gasteiger partial charge in [-0.3, -0.25) is 9.69 Å². The molecule has 1 saturated carbocycles. The summed E-state index contributed by atoms with van der Waals surface area (Å²) in [5, 5.41) is 9.90. The van der Waals surface area contributed by atoms with E-state index in [2.05, 4.69) is 47.5 Å². The number of carbonyl (C=O) groups excluding carboxylic acids is 1. The van der Waals surface area contributed by atoms with Gasteiger partial charge in [0.2, 0.25) is 5.91 Å². The molecule has 41 heavy (non-hydrogen) atoms. The number of rotatable bonds is 9. The van der Waals surface area contributed by atoms with Crippen LogP contribution < -0.4 is 4.74 Å². The quantitative estimate of drug-likeness (QED) is 0.410. The van der Waals surface area contributed by atoms with E-state index in [9.17, 15) is 9.82 Å². The molecule has 2 saturated heterocycles. The number of carbonyl (C=O) groups is 1. The average Bonchev–Trinajstić information content (AvgIpc) is 3.78. The van der Waals surface area contributed by atoms with Crippen molar-refractivity contribution in [2.45, 2.75) is 71.8 Å². The molecule has 5 rings (SSSR count). The predicted molar refractivity (Wildman–Crippen MR) is 162 cm³/mol. The van der Waals surface area contributed by atoms with Gasteiger partial charge in [0, 0.05) is 32.1 Å². The van der Waals surface area contributed by atoms with Crippen LogP contribution in [0.25, 0.3) is 0 Å². The van der Waals surface area contributed by atoms with Crippen LogP contribution in [0.3, 0.4) is 0 Å². The Kier molecular flexibility index (Phi) is 9.42. The third-order valence-corrected chi connectivity index (χ3v) is 9.30. The Labute approximate surface area is 246 Å². The summed E-state index contributed by atoms with van der Waals surface area (Å²) in [4.78, 5) is 20.4. The van der Waals surface area contributed by atoms with E-state index in [0.717, 1.165) is 50.1 Å². The van der Waals surface area contributed by atoms with E-state index in [1.54, 1.807) is 12.1 Å². The van der Waals surface area contributed by atoms with Crippen molar-refractivity contribution in [3.05, 3.63) is 65.5 Å². The first-order valence-electron chi connectivity index (χ1n) is 15.5. The number of benzene rings is 2. The molecule has 3 aliphatic rings. The van der Waals surface area contributed by atoms with Gasteiger partial charge in [0.05, 0.1) is 12.6 Å². The van der Waals surface area contributed by atoms with Crippen molar-refractivity contribution in [2.75, 3.05) is 39.3 Å². The van der Waals surface area contributed by atoms with Crippen molar-refractivity contribution in [1.82, 2.24) is 14.6 Å². The molecular formula is C33H47BFN3O3. The second-order valence-corrected chi connectivity index (χ2v) is 13.5. The second kappa shape index (κ2) is 12.8. The van der Waals surface area contributed by atoms with E-state index in [4.69, 9.17) is 4.74 Å². The minimum atomic E-state index is -0.428. The van der Waals surface area contributed by atoms with Crippen molar-refractivity contribution in [2.24, 2.45) is 17.3 Å². The van der Waals surface area contributed by atoms with Crippen molar-refractivity contribution < 1.29 is 18.9 Å². The number of piperidine rings is 1. The molecule has 0 aromatic heterocycles. The minimum absolute atomic E-state index is 0.0403. The third-order valence-electron chi connectivity index (χ3n) is 9.30. The van der Waals surface area contributed by atoms with Crippen molar-refractivity contribution >= 4 is 13.0 Å². The molecule has 6 nitrogen and oxygen atoms in total. The van der Waals surface area contributed by atoms with Gasteiger partial charge in [-0.25, -0.2) is 4.39 Å². The minimum Gasteiger partial charge on any atom is -0.490 e. The van der Waals surface area contributed by atoms with Gasteiger partial charge in [0.25, 0.3) is 0 Å². The maximum atomic E-state index is 15.3. The lowest BCUT2D eigenvalue weighted by Gasteiger charge is -2.50. The Bertz CT molecular complexity index is 1160. The molecular weight excluding hydrogens is 516 g/mol. The zero-order chi connectivity index (χ0) is 29.1. The Balaban J connectivity index is 1.33. The van der Waals surface area contributed by atoms with E-state index in [-0.39, 0.29) is 29.2 Å². The molecule has 0 radical (unpaired) electrons. The smallest absolute Gasteiger partial charge is 0.376 e. The molecule has 8 heteroatoms. The van der Waals surface area contributed by atoms with Crippen LogP contribution >= 0.6 is 0 Å². The van der Waals surface area contributed by atoms with Gasteiger partial charge in [-0.15, -0.1) is 0 Å². The Morgan fingerprint density at radius 1 is 1.00 bits per heavy atom. The topological polar surface area (TPSA) is 56.2 Å². The molecule has 2 aliphatic heterocycles. The fourth-order valence-corrected chi connectivity index (χ4v) is 6.52. The summed E-state index contributed by atoms with van der Waals surface area (Å²) in [6.45, 7) is 12.8. The van der Waals surface area contributed by atoms with Gasteiger partial charge < -0.3 is 19.5 Å². The first-order valence-corrected chi connectivity index (χ1v) is 15.5. The lowest BCUT2D eigenvalue weighted by atomic mass is 9.80. The summed E-state index contributed by atoms with van der Waals surface area (Å²) < 4.78 is 21.1. The number of hydrogen-bond acceptors (Lipinski definition) is 5. The molecule has 2 aromatic rings. The van der Waals surface area contributed by atoms with Gasteiger partial charge in [0.1, 0.15) is 0 Å². The molecule has 1 amide bonds. The molecule has 1 N–H and O–H groups in total. The molecule has 2 atom stereocenters. The molecule has 3 fully saturated rings. The molecule has 2 heterocycles. The number of halogens is 1. The van der Waals surface area contributed by atoms with Crippen LogP contribution in [0.1, 0.15) is 70.0 Å². The van der Waals surface area contributed by atoms with Gasteiger partial charge >= 0.3 is 7.05 Å². The summed E-state index contributed by atoms with van der Waals surface area (Å²) in [6, 6.07) is 15.7. The Morgan fingerprint density at radius 3 is 2.32 bits per heavy atom. The monoisotopic (exact) mass is 563 g/mol. The van der Waals surface area contributed by atoms with Crippen molar-refractivity contribution in [3.8, 4) is 5.75 Å². The van der Waals surface area contributed by atoms with Gasteiger partial charge in [-0.2, -0.15) is 0 Å². The summed E-state index contributed by atoms with van der Waals surface area (Å²) in [5.41, 5.74) is 1.91. The highest BCUT2D eigenvalue weighted by atomic mass is 19.1. The van der Waals surface area contributed by atoms with E-state index in [0.29, 0.717) is 37.2 Å². The average molecular weight is 564 g/mol. The number of ether oxygens (including phenoxy) is 1. The van der Waals surface area contributed by atoms with E-state index >= 15 is 4.39 Å². The highest BCUT2D eigenvalue weighted by Gasteiger charge is 2.41. The summed E-state index contributed by atoms with van der Waals surface area (Å²) in [5.74, 6) is 1.18. The first kappa shape index (κ1) is 30.1. The zero-order valence-electron chi connectivity index (χ0n) is 25.3. The maximum absolute atomic E-state index is 15.3. The maximum Gasteiger partial charge on any atom is 0.376 e. The largest absolute Gasteiger partial charge is 0.490 e. The lowest BCUT2D eigenvalue weighted by Crippen LogP contribution is -2.60. The summed E-state index contributed by atoms with van der Waals surface area (Å²) >= 11 is 0. The SMILES string of the molecule is CB(O)N1CCC(CC(=O)N2CCN(C(c3ccccc3)c3ccc(OCC4CC4)c(F)c3)C[C@@H]2C(C)(C)C)CC1. The van der Waals surface area contributed by atoms with E-state index in [1.807, 2.05) is 31.1 Å². The molecule has 1 aliphatic carbocycles. The van der Waals surface area contributed by atoms with Crippen LogP contribution in [-0.2, 0) is 4.79 Å². The lowest BCUT2D eigenvalue weighted by molar-refractivity contribution is -0.141. The highest BCUT2D eigenvalue weighted by Crippen LogP contribution is 2.37. The normalized spacial score (nSPS) is 22.0. The van der Waals surface area contributed by atoms with Crippen LogP contribution in [0.2, 0.25) is 6.82 Å². The van der Waals surface area contributed by atoms with Crippen LogP contribution in [-0.4, -0.2) is 78.0 Å². The number of hydrogen-bond donors (Lipinski definition) is 1. The summed E-state index contributed by atoms with van der Waals surface area (Å²) in [6.07, 6.45) is 4.79. The Hall–Kier alpha value is -2.42. The second-order valence-electron chi connectivity index (χ2n) is 13.5. The Morgan fingerprint density at radius 2 is 1.71 bits per heavy atom. The first-order chi connectivity index (χ1) is 19.6. The van der Waals surface area contributed by atoms with Gasteiger partial charge in [-0.1, -0.05) is 57.2 Å². The standard InChI is InChI=1S/C33H47BFN3O3/c1-33(2,3)30-22-36(18-19-38(30)31(39)20-24-14-16-37(17-15-24)34(4)40)32(26-8-6-5-7-9-26)27-12-13-29(28(35)21-27)41-23-25-10-11-25/h5-9,12-13,21,24-25,30,32,40H,10-11,14-20,22-23H2,1-4H3/t30-,32?/m1/s1. The third kappa shape index (κ3) is 7.51. The van der Waals surface area contributed by atoms with Gasteiger partial charge in [0.15, 0.2) is 11.6 Å². The van der Waals surface area contributed by atoms with Crippen LogP contribution in [0, 0.1) is 23.1 Å². The van der Waals surface area contributed by atoms with E-state index < -0.39 is 7.05 Å². The molecule has 0 bridgehead atoms. The van der Waals surface area contributed by atoms with Crippen LogP contribution in [0.5, 0.6) is 5.75 Å². The number of nitrogens with zero attached hydrogens (tertiary/aromatic N) is 3. The van der Waals surface area contributed by atoms with Crippen molar-refractivity contribution in [1.29, 1.82) is 0 Å².